The Balaban J connectivity index is 1.94. The number of amides is 2. The van der Waals surface area contributed by atoms with Gasteiger partial charge in [0, 0.05) is 16.6 Å². The number of aryl methyl sites for hydroxylation is 1. The van der Waals surface area contributed by atoms with Crippen LogP contribution in [0.5, 0.6) is 0 Å². The number of hydrogen-bond acceptors (Lipinski definition) is 3. The van der Waals surface area contributed by atoms with E-state index in [1.165, 1.54) is 4.90 Å². The smallest absolute Gasteiger partial charge is 0.410 e. The molecule has 7 heteroatoms. The maximum atomic E-state index is 14.4. The summed E-state index contributed by atoms with van der Waals surface area (Å²) in [5.41, 5.74) is 0.805. The van der Waals surface area contributed by atoms with Gasteiger partial charge < -0.3 is 15.0 Å². The Morgan fingerprint density at radius 1 is 1.36 bits per heavy atom. The van der Waals surface area contributed by atoms with Crippen LogP contribution < -0.4 is 5.32 Å². The van der Waals surface area contributed by atoms with Gasteiger partial charge in [-0.2, -0.15) is 0 Å². The lowest BCUT2D eigenvalue weighted by Crippen LogP contribution is -2.54. The second-order valence-electron chi connectivity index (χ2n) is 7.27. The number of nitrogens with one attached hydrogen (secondary N) is 1. The summed E-state index contributed by atoms with van der Waals surface area (Å²) < 4.78 is 20.6. The molecule has 0 spiro atoms. The summed E-state index contributed by atoms with van der Waals surface area (Å²) in [7, 11) is 0. The molecule has 0 bridgehead atoms. The van der Waals surface area contributed by atoms with Crippen LogP contribution in [0.2, 0.25) is 0 Å². The van der Waals surface area contributed by atoms with Gasteiger partial charge in [-0.25, -0.2) is 9.18 Å². The van der Waals surface area contributed by atoms with Crippen molar-refractivity contribution in [2.75, 3.05) is 13.1 Å². The fourth-order valence-corrected chi connectivity index (χ4v) is 2.84. The fraction of sp³-hybridized carbons (Fsp3) is 0.556. The van der Waals surface area contributed by atoms with E-state index in [1.807, 2.05) is 6.92 Å². The topological polar surface area (TPSA) is 58.6 Å². The number of piperidine rings is 1. The first-order valence-corrected chi connectivity index (χ1v) is 9.05. The molecule has 2 amide bonds. The molecule has 1 aliphatic heterocycles. The quantitative estimate of drug-likeness (QED) is 0.799. The van der Waals surface area contributed by atoms with Crippen LogP contribution in [0.4, 0.5) is 9.18 Å². The number of ether oxygens (including phenoxy) is 1. The van der Waals surface area contributed by atoms with Crippen molar-refractivity contribution in [1.29, 1.82) is 0 Å². The first kappa shape index (κ1) is 19.7. The van der Waals surface area contributed by atoms with Gasteiger partial charge in [-0.3, -0.25) is 4.79 Å². The minimum atomic E-state index is -1.33. The Hall–Kier alpha value is -1.63. The SMILES string of the molecule is Cc1cc(C(=O)NC2CCN(C(=O)OC(C)(C)C)CC2F)ccc1Br. The average molecular weight is 415 g/mol. The van der Waals surface area contributed by atoms with Crippen LogP contribution in [-0.4, -0.2) is 47.8 Å². The molecular formula is C18H24BrFN2O3. The van der Waals surface area contributed by atoms with Gasteiger partial charge in [-0.05, 0) is 57.9 Å². The zero-order valence-corrected chi connectivity index (χ0v) is 16.5. The van der Waals surface area contributed by atoms with Crippen LogP contribution >= 0.6 is 15.9 Å². The van der Waals surface area contributed by atoms with Crippen molar-refractivity contribution in [3.8, 4) is 0 Å². The number of halogens is 2. The highest BCUT2D eigenvalue weighted by Crippen LogP contribution is 2.20. The monoisotopic (exact) mass is 414 g/mol. The first-order valence-electron chi connectivity index (χ1n) is 8.26. The van der Waals surface area contributed by atoms with Crippen molar-refractivity contribution in [3.05, 3.63) is 33.8 Å². The van der Waals surface area contributed by atoms with E-state index < -0.39 is 23.9 Å². The Morgan fingerprint density at radius 3 is 2.60 bits per heavy atom. The van der Waals surface area contributed by atoms with Gasteiger partial charge in [0.15, 0.2) is 0 Å². The van der Waals surface area contributed by atoms with Crippen LogP contribution in [0.3, 0.4) is 0 Å². The van der Waals surface area contributed by atoms with Crippen molar-refractivity contribution in [3.63, 3.8) is 0 Å². The lowest BCUT2D eigenvalue weighted by molar-refractivity contribution is 0.00972. The van der Waals surface area contributed by atoms with E-state index in [2.05, 4.69) is 21.2 Å². The Kier molecular flexibility index (Phi) is 6.08. The number of carbonyl (C=O) groups excluding carboxylic acids is 2. The van der Waals surface area contributed by atoms with E-state index in [4.69, 9.17) is 4.74 Å². The van der Waals surface area contributed by atoms with Gasteiger partial charge in [0.05, 0.1) is 12.6 Å². The molecule has 2 unspecified atom stereocenters. The highest BCUT2D eigenvalue weighted by atomic mass is 79.9. The largest absolute Gasteiger partial charge is 0.444 e. The van der Waals surface area contributed by atoms with Gasteiger partial charge in [0.2, 0.25) is 0 Å². The summed E-state index contributed by atoms with van der Waals surface area (Å²) >= 11 is 3.39. The third-order valence-corrected chi connectivity index (χ3v) is 4.82. The van der Waals surface area contributed by atoms with E-state index in [-0.39, 0.29) is 12.5 Å². The van der Waals surface area contributed by atoms with Gasteiger partial charge in [-0.1, -0.05) is 15.9 Å². The summed E-state index contributed by atoms with van der Waals surface area (Å²) in [6.45, 7) is 7.46. The van der Waals surface area contributed by atoms with Gasteiger partial charge in [-0.15, -0.1) is 0 Å². The lowest BCUT2D eigenvalue weighted by Gasteiger charge is -2.35. The number of nitrogens with zero attached hydrogens (tertiary/aromatic N) is 1. The minimum Gasteiger partial charge on any atom is -0.444 e. The summed E-state index contributed by atoms with van der Waals surface area (Å²) in [6, 6.07) is 4.62. The molecule has 1 N–H and O–H groups in total. The third kappa shape index (κ3) is 5.42. The van der Waals surface area contributed by atoms with Crippen LogP contribution in [-0.2, 0) is 4.74 Å². The lowest BCUT2D eigenvalue weighted by atomic mass is 10.0. The first-order chi connectivity index (χ1) is 11.6. The Labute approximate surface area is 156 Å². The maximum absolute atomic E-state index is 14.4. The van der Waals surface area contributed by atoms with Crippen molar-refractivity contribution in [2.24, 2.45) is 0 Å². The third-order valence-electron chi connectivity index (χ3n) is 3.93. The molecule has 5 nitrogen and oxygen atoms in total. The number of rotatable bonds is 2. The van der Waals surface area contributed by atoms with Crippen molar-refractivity contribution in [2.45, 2.75) is 51.9 Å². The molecular weight excluding hydrogens is 391 g/mol. The molecule has 1 aromatic carbocycles. The van der Waals surface area contributed by atoms with E-state index in [1.54, 1.807) is 39.0 Å². The summed E-state index contributed by atoms with van der Waals surface area (Å²) in [4.78, 5) is 25.7. The fourth-order valence-electron chi connectivity index (χ4n) is 2.60. The van der Waals surface area contributed by atoms with Crippen LogP contribution in [0.1, 0.15) is 43.1 Å². The van der Waals surface area contributed by atoms with Crippen molar-refractivity contribution in [1.82, 2.24) is 10.2 Å². The molecule has 25 heavy (non-hydrogen) atoms. The molecule has 0 aromatic heterocycles. The molecule has 1 aliphatic rings. The molecule has 1 saturated heterocycles. The molecule has 138 valence electrons. The molecule has 1 aromatic rings. The summed E-state index contributed by atoms with van der Waals surface area (Å²) in [5, 5.41) is 2.73. The standard InChI is InChI=1S/C18H24BrFN2O3/c1-11-9-12(5-6-13(11)19)16(23)21-15-7-8-22(10-14(15)20)17(24)25-18(2,3)4/h5-6,9,14-15H,7-8,10H2,1-4H3,(H,21,23). The number of hydrogen-bond donors (Lipinski definition) is 1. The van der Waals surface area contributed by atoms with Gasteiger partial charge >= 0.3 is 6.09 Å². The number of likely N-dealkylation sites (tertiary alicyclic amines) is 1. The second kappa shape index (κ2) is 7.72. The second-order valence-corrected chi connectivity index (χ2v) is 8.13. The van der Waals surface area contributed by atoms with Crippen LogP contribution in [0.15, 0.2) is 22.7 Å². The zero-order valence-electron chi connectivity index (χ0n) is 14.9. The van der Waals surface area contributed by atoms with E-state index >= 15 is 0 Å². The van der Waals surface area contributed by atoms with Crippen LogP contribution in [0, 0.1) is 6.92 Å². The highest BCUT2D eigenvalue weighted by Gasteiger charge is 2.34. The molecule has 0 saturated carbocycles. The Morgan fingerprint density at radius 2 is 2.04 bits per heavy atom. The average Bonchev–Trinajstić information content (AvgIpc) is 2.50. The van der Waals surface area contributed by atoms with Crippen LogP contribution in [0.25, 0.3) is 0 Å². The maximum Gasteiger partial charge on any atom is 0.410 e. The van der Waals surface area contributed by atoms with E-state index in [0.717, 1.165) is 10.0 Å². The predicted molar refractivity (Wildman–Crippen MR) is 97.5 cm³/mol. The van der Waals surface area contributed by atoms with E-state index in [9.17, 15) is 14.0 Å². The minimum absolute atomic E-state index is 0.0841. The van der Waals surface area contributed by atoms with Crippen molar-refractivity contribution < 1.29 is 18.7 Å². The molecule has 2 atom stereocenters. The summed E-state index contributed by atoms with van der Waals surface area (Å²) in [5.74, 6) is -0.311. The molecule has 1 fully saturated rings. The number of carbonyl (C=O) groups is 2. The number of benzene rings is 1. The predicted octanol–water partition coefficient (Wildman–Crippen LogP) is 3.83. The van der Waals surface area contributed by atoms with Gasteiger partial charge in [0.25, 0.3) is 5.91 Å². The molecule has 0 radical (unpaired) electrons. The van der Waals surface area contributed by atoms with Crippen molar-refractivity contribution >= 4 is 27.9 Å². The molecule has 0 aliphatic carbocycles. The molecule has 1 heterocycles. The van der Waals surface area contributed by atoms with Gasteiger partial charge in [0.1, 0.15) is 11.8 Å². The van der Waals surface area contributed by atoms with E-state index in [0.29, 0.717) is 18.5 Å². The highest BCUT2D eigenvalue weighted by molar-refractivity contribution is 9.10. The zero-order chi connectivity index (χ0) is 18.8. The summed E-state index contributed by atoms with van der Waals surface area (Å²) in [6.07, 6.45) is -1.51. The normalized spacial score (nSPS) is 21.0. The molecule has 2 rings (SSSR count). The number of alkyl halides is 1. The Bertz CT molecular complexity index is 660.